The molecule has 0 fully saturated rings. The Morgan fingerprint density at radius 1 is 1.28 bits per heavy atom. The molecule has 0 aliphatic carbocycles. The zero-order chi connectivity index (χ0) is 18.0. The van der Waals surface area contributed by atoms with Gasteiger partial charge in [0.15, 0.2) is 5.96 Å². The second kappa shape index (κ2) is 12.8. The minimum atomic E-state index is -2.93. The SMILES string of the molecule is CCNC(=NCCSc1ccc(C)cc1)NC(C)CCS(C)(=O)=O.I. The quantitative estimate of drug-likeness (QED) is 0.180. The first-order valence-electron chi connectivity index (χ1n) is 8.22. The van der Waals surface area contributed by atoms with Gasteiger partial charge in [-0.3, -0.25) is 4.99 Å². The van der Waals surface area contributed by atoms with Crippen molar-refractivity contribution >= 4 is 51.5 Å². The fraction of sp³-hybridized carbons (Fsp3) is 0.588. The van der Waals surface area contributed by atoms with E-state index in [0.29, 0.717) is 13.0 Å². The van der Waals surface area contributed by atoms with Gasteiger partial charge in [0.1, 0.15) is 9.84 Å². The molecule has 0 aliphatic rings. The van der Waals surface area contributed by atoms with Crippen molar-refractivity contribution in [2.24, 2.45) is 4.99 Å². The maximum absolute atomic E-state index is 11.2. The van der Waals surface area contributed by atoms with E-state index in [1.165, 1.54) is 16.7 Å². The Labute approximate surface area is 173 Å². The summed E-state index contributed by atoms with van der Waals surface area (Å²) >= 11 is 1.78. The number of nitrogens with zero attached hydrogens (tertiary/aromatic N) is 1. The van der Waals surface area contributed by atoms with Gasteiger partial charge in [-0.05, 0) is 39.3 Å². The van der Waals surface area contributed by atoms with E-state index in [4.69, 9.17) is 0 Å². The van der Waals surface area contributed by atoms with E-state index in [9.17, 15) is 8.42 Å². The number of halogens is 1. The smallest absolute Gasteiger partial charge is 0.191 e. The van der Waals surface area contributed by atoms with Crippen molar-refractivity contribution in [3.8, 4) is 0 Å². The van der Waals surface area contributed by atoms with Gasteiger partial charge in [-0.1, -0.05) is 17.7 Å². The van der Waals surface area contributed by atoms with Crippen LogP contribution in [-0.2, 0) is 9.84 Å². The Morgan fingerprint density at radius 2 is 1.92 bits per heavy atom. The molecule has 0 aliphatic heterocycles. The van der Waals surface area contributed by atoms with Crippen LogP contribution in [0.25, 0.3) is 0 Å². The van der Waals surface area contributed by atoms with Crippen molar-refractivity contribution in [3.05, 3.63) is 29.8 Å². The Hall–Kier alpha value is -0.480. The van der Waals surface area contributed by atoms with Crippen LogP contribution >= 0.6 is 35.7 Å². The van der Waals surface area contributed by atoms with Gasteiger partial charge in [0.2, 0.25) is 0 Å². The van der Waals surface area contributed by atoms with Crippen molar-refractivity contribution in [2.45, 2.75) is 38.1 Å². The van der Waals surface area contributed by atoms with E-state index < -0.39 is 9.84 Å². The summed E-state index contributed by atoms with van der Waals surface area (Å²) in [4.78, 5) is 5.80. The summed E-state index contributed by atoms with van der Waals surface area (Å²) in [6.45, 7) is 7.54. The molecule has 0 radical (unpaired) electrons. The van der Waals surface area contributed by atoms with E-state index in [1.54, 1.807) is 11.8 Å². The summed E-state index contributed by atoms with van der Waals surface area (Å²) in [6.07, 6.45) is 1.84. The lowest BCUT2D eigenvalue weighted by Gasteiger charge is -2.17. The maximum Gasteiger partial charge on any atom is 0.191 e. The van der Waals surface area contributed by atoms with Crippen molar-refractivity contribution in [1.29, 1.82) is 0 Å². The van der Waals surface area contributed by atoms with Crippen molar-refractivity contribution in [1.82, 2.24) is 10.6 Å². The Balaban J connectivity index is 0.00000576. The number of hydrogen-bond donors (Lipinski definition) is 2. The van der Waals surface area contributed by atoms with Crippen LogP contribution in [0.5, 0.6) is 0 Å². The average molecular weight is 499 g/mol. The van der Waals surface area contributed by atoms with Crippen LogP contribution in [0.1, 0.15) is 25.8 Å². The van der Waals surface area contributed by atoms with E-state index in [2.05, 4.69) is 46.8 Å². The molecule has 0 saturated carbocycles. The topological polar surface area (TPSA) is 70.6 Å². The lowest BCUT2D eigenvalue weighted by atomic mass is 10.2. The Morgan fingerprint density at radius 3 is 2.48 bits per heavy atom. The van der Waals surface area contributed by atoms with E-state index in [-0.39, 0.29) is 35.8 Å². The third-order valence-corrected chi connectivity index (χ3v) is 5.27. The second-order valence-electron chi connectivity index (χ2n) is 5.89. The summed E-state index contributed by atoms with van der Waals surface area (Å²) in [6, 6.07) is 8.53. The summed E-state index contributed by atoms with van der Waals surface area (Å²) in [7, 11) is -2.93. The van der Waals surface area contributed by atoms with Gasteiger partial charge < -0.3 is 10.6 Å². The van der Waals surface area contributed by atoms with Crippen LogP contribution in [0.2, 0.25) is 0 Å². The monoisotopic (exact) mass is 499 g/mol. The summed E-state index contributed by atoms with van der Waals surface area (Å²) in [5.74, 6) is 1.82. The van der Waals surface area contributed by atoms with Gasteiger partial charge in [0.05, 0.1) is 12.3 Å². The van der Waals surface area contributed by atoms with Crippen LogP contribution in [-0.4, -0.2) is 51.3 Å². The molecule has 0 bridgehead atoms. The highest BCUT2D eigenvalue weighted by Crippen LogP contribution is 2.17. The number of guanidine groups is 1. The largest absolute Gasteiger partial charge is 0.357 e. The molecule has 0 amide bonds. The third kappa shape index (κ3) is 12.5. The molecular weight excluding hydrogens is 469 g/mol. The van der Waals surface area contributed by atoms with Gasteiger partial charge in [-0.2, -0.15) is 0 Å². The molecule has 5 nitrogen and oxygen atoms in total. The van der Waals surface area contributed by atoms with E-state index >= 15 is 0 Å². The number of hydrogen-bond acceptors (Lipinski definition) is 4. The molecule has 25 heavy (non-hydrogen) atoms. The molecule has 0 aromatic heterocycles. The van der Waals surface area contributed by atoms with Gasteiger partial charge in [-0.25, -0.2) is 8.42 Å². The minimum Gasteiger partial charge on any atom is -0.357 e. The lowest BCUT2D eigenvalue weighted by molar-refractivity contribution is 0.581. The number of rotatable bonds is 9. The molecule has 1 aromatic carbocycles. The summed E-state index contributed by atoms with van der Waals surface area (Å²) in [5.41, 5.74) is 1.26. The fourth-order valence-electron chi connectivity index (χ4n) is 1.97. The molecule has 0 saturated heterocycles. The minimum absolute atomic E-state index is 0. The number of nitrogens with one attached hydrogen (secondary N) is 2. The molecule has 0 heterocycles. The summed E-state index contributed by atoms with van der Waals surface area (Å²) < 4.78 is 22.5. The maximum atomic E-state index is 11.2. The van der Waals surface area contributed by atoms with Crippen LogP contribution in [0.3, 0.4) is 0 Å². The molecule has 1 atom stereocenters. The zero-order valence-electron chi connectivity index (χ0n) is 15.4. The highest BCUT2D eigenvalue weighted by atomic mass is 127. The van der Waals surface area contributed by atoms with Crippen LogP contribution < -0.4 is 10.6 Å². The standard InChI is InChI=1S/C17H29N3O2S2.HI/c1-5-18-17(20-15(3)10-13-24(4,21)22)19-11-12-23-16-8-6-14(2)7-9-16;/h6-9,15H,5,10-13H2,1-4H3,(H2,18,19,20);1H. The normalized spacial score (nSPS) is 13.0. The Kier molecular flexibility index (Phi) is 12.6. The number of aliphatic imine (C=N–C) groups is 1. The van der Waals surface area contributed by atoms with Gasteiger partial charge >= 0.3 is 0 Å². The number of thioether (sulfide) groups is 1. The fourth-order valence-corrected chi connectivity index (χ4v) is 3.50. The first-order valence-corrected chi connectivity index (χ1v) is 11.3. The molecule has 8 heteroatoms. The lowest BCUT2D eigenvalue weighted by Crippen LogP contribution is -2.43. The van der Waals surface area contributed by atoms with Crippen LogP contribution in [0, 0.1) is 6.92 Å². The molecule has 144 valence electrons. The predicted octanol–water partition coefficient (Wildman–Crippen LogP) is 3.08. The molecule has 0 spiro atoms. The van der Waals surface area contributed by atoms with E-state index in [1.807, 2.05) is 13.8 Å². The van der Waals surface area contributed by atoms with E-state index in [0.717, 1.165) is 18.3 Å². The molecule has 1 unspecified atom stereocenters. The molecule has 2 N–H and O–H groups in total. The molecule has 1 rings (SSSR count). The van der Waals surface area contributed by atoms with Gasteiger partial charge in [-0.15, -0.1) is 35.7 Å². The number of benzene rings is 1. The van der Waals surface area contributed by atoms with Crippen molar-refractivity contribution in [3.63, 3.8) is 0 Å². The number of aryl methyl sites for hydroxylation is 1. The van der Waals surface area contributed by atoms with Gasteiger partial charge in [0.25, 0.3) is 0 Å². The first-order chi connectivity index (χ1) is 11.3. The highest BCUT2D eigenvalue weighted by molar-refractivity contribution is 14.0. The van der Waals surface area contributed by atoms with Crippen LogP contribution in [0.15, 0.2) is 34.2 Å². The zero-order valence-corrected chi connectivity index (χ0v) is 19.4. The van der Waals surface area contributed by atoms with Gasteiger partial charge in [0, 0.05) is 29.5 Å². The number of sulfone groups is 1. The van der Waals surface area contributed by atoms with Crippen LogP contribution in [0.4, 0.5) is 0 Å². The van der Waals surface area contributed by atoms with Crippen molar-refractivity contribution < 1.29 is 8.42 Å². The predicted molar refractivity (Wildman–Crippen MR) is 120 cm³/mol. The molecule has 1 aromatic rings. The average Bonchev–Trinajstić information content (AvgIpc) is 2.51. The second-order valence-corrected chi connectivity index (χ2v) is 9.31. The first kappa shape index (κ1) is 24.5. The third-order valence-electron chi connectivity index (χ3n) is 3.30. The van der Waals surface area contributed by atoms with Crippen molar-refractivity contribution in [2.75, 3.05) is 30.9 Å². The highest BCUT2D eigenvalue weighted by Gasteiger charge is 2.09. The Bertz CT molecular complexity index is 619. The summed E-state index contributed by atoms with van der Waals surface area (Å²) in [5, 5.41) is 6.46. The molecular formula is C17H30IN3O2S2.